The number of aliphatic carboxylic acids is 1. The van der Waals surface area contributed by atoms with E-state index in [1.54, 1.807) is 18.7 Å². The van der Waals surface area contributed by atoms with Crippen LogP contribution in [0.3, 0.4) is 0 Å². The molecule has 1 rings (SSSR count). The van der Waals surface area contributed by atoms with Crippen molar-refractivity contribution in [1.29, 1.82) is 0 Å². The summed E-state index contributed by atoms with van der Waals surface area (Å²) in [6.45, 7) is 4.95. The third kappa shape index (κ3) is 2.12. The Morgan fingerprint density at radius 2 is 2.46 bits per heavy atom. The lowest BCUT2D eigenvalue weighted by atomic mass is 10.3. The van der Waals surface area contributed by atoms with Gasteiger partial charge in [0.05, 0.1) is 5.88 Å². The summed E-state index contributed by atoms with van der Waals surface area (Å²) >= 11 is 1.61. The molecule has 13 heavy (non-hydrogen) atoms. The second-order valence-electron chi connectivity index (χ2n) is 2.45. The Hall–Kier alpha value is -1.23. The Balaban J connectivity index is 2.92. The molecule has 0 aromatic heterocycles. The average Bonchev–Trinajstić information content (AvgIpc) is 2.56. The van der Waals surface area contributed by atoms with Gasteiger partial charge in [0.2, 0.25) is 0 Å². The summed E-state index contributed by atoms with van der Waals surface area (Å²) in [6.07, 6.45) is 1.83. The lowest BCUT2D eigenvalue weighted by molar-refractivity contribution is -0.132. The Morgan fingerprint density at radius 3 is 2.85 bits per heavy atom. The van der Waals surface area contributed by atoms with Gasteiger partial charge in [-0.1, -0.05) is 0 Å². The predicted octanol–water partition coefficient (Wildman–Crippen LogP) is 1.48. The van der Waals surface area contributed by atoms with Gasteiger partial charge in [-0.2, -0.15) is 0 Å². The van der Waals surface area contributed by atoms with E-state index in [0.717, 1.165) is 5.88 Å². The first-order valence-corrected chi connectivity index (χ1v) is 4.67. The van der Waals surface area contributed by atoms with E-state index in [-0.39, 0.29) is 5.70 Å². The molecular formula is C8H10N2O2S. The maximum Gasteiger partial charge on any atom is 0.356 e. The van der Waals surface area contributed by atoms with Crippen molar-refractivity contribution in [2.45, 2.75) is 6.92 Å². The van der Waals surface area contributed by atoms with Gasteiger partial charge in [-0.25, -0.2) is 4.79 Å². The van der Waals surface area contributed by atoms with E-state index in [4.69, 9.17) is 5.11 Å². The van der Waals surface area contributed by atoms with Gasteiger partial charge in [0.1, 0.15) is 0 Å². The summed E-state index contributed by atoms with van der Waals surface area (Å²) in [7, 11) is 0. The first-order chi connectivity index (χ1) is 6.16. The Bertz CT molecular complexity index is 297. The van der Waals surface area contributed by atoms with Crippen LogP contribution >= 0.6 is 11.8 Å². The number of hydrogen-bond donors (Lipinski definition) is 1. The molecule has 0 aromatic rings. The Kier molecular flexibility index (Phi) is 3.13. The van der Waals surface area contributed by atoms with Crippen molar-refractivity contribution in [3.8, 4) is 0 Å². The maximum atomic E-state index is 10.7. The molecule has 70 valence electrons. The van der Waals surface area contributed by atoms with Crippen LogP contribution in [0.1, 0.15) is 6.92 Å². The molecule has 0 aliphatic carbocycles. The zero-order valence-corrected chi connectivity index (χ0v) is 8.04. The van der Waals surface area contributed by atoms with Gasteiger partial charge in [-0.3, -0.25) is 4.99 Å². The third-order valence-corrected chi connectivity index (χ3v) is 2.43. The van der Waals surface area contributed by atoms with E-state index in [1.807, 2.05) is 16.5 Å². The molecule has 1 N–H and O–H groups in total. The van der Waals surface area contributed by atoms with Crippen molar-refractivity contribution >= 4 is 24.4 Å². The van der Waals surface area contributed by atoms with Gasteiger partial charge < -0.3 is 10.0 Å². The van der Waals surface area contributed by atoms with E-state index in [2.05, 4.69) is 11.7 Å². The van der Waals surface area contributed by atoms with Gasteiger partial charge in [0.15, 0.2) is 5.70 Å². The summed E-state index contributed by atoms with van der Waals surface area (Å²) in [5, 5.41) is 10.7. The number of rotatable bonds is 3. The molecule has 0 saturated carbocycles. The minimum Gasteiger partial charge on any atom is -0.476 e. The minimum absolute atomic E-state index is 0.00662. The van der Waals surface area contributed by atoms with Crippen molar-refractivity contribution in [3.63, 3.8) is 0 Å². The predicted molar refractivity (Wildman–Crippen MR) is 53.3 cm³/mol. The second-order valence-corrected chi connectivity index (χ2v) is 3.31. The molecule has 0 amide bonds. The summed E-state index contributed by atoms with van der Waals surface area (Å²) in [4.78, 5) is 16.0. The number of aliphatic imine (C=N–C) groups is 1. The summed E-state index contributed by atoms with van der Waals surface area (Å²) < 4.78 is 0. The molecule has 5 heteroatoms. The molecule has 0 unspecified atom stereocenters. The Morgan fingerprint density at radius 1 is 1.77 bits per heavy atom. The smallest absolute Gasteiger partial charge is 0.356 e. The molecule has 0 fully saturated rings. The number of carbonyl (C=O) groups is 1. The zero-order valence-electron chi connectivity index (χ0n) is 7.23. The van der Waals surface area contributed by atoms with Gasteiger partial charge in [0, 0.05) is 11.9 Å². The lowest BCUT2D eigenvalue weighted by Gasteiger charge is -2.15. The normalized spacial score (nSPS) is 17.2. The van der Waals surface area contributed by atoms with E-state index in [1.165, 1.54) is 0 Å². The molecule has 0 spiro atoms. The van der Waals surface area contributed by atoms with E-state index < -0.39 is 5.97 Å². The van der Waals surface area contributed by atoms with E-state index >= 15 is 0 Å². The lowest BCUT2D eigenvalue weighted by Crippen LogP contribution is -2.15. The van der Waals surface area contributed by atoms with Crippen LogP contribution in [0.25, 0.3) is 0 Å². The molecule has 1 aliphatic heterocycles. The quantitative estimate of drug-likeness (QED) is 0.551. The van der Waals surface area contributed by atoms with Crippen molar-refractivity contribution in [3.05, 3.63) is 23.0 Å². The monoisotopic (exact) mass is 198 g/mol. The standard InChI is InChI=1S/C8H10N2O2S/c1-6(7(9-2)8(11)12)10-3-4-13-5-10/h3-4H,2,5H2,1H3,(H,11,12)/b7-6-. The number of thioether (sulfide) groups is 1. The minimum atomic E-state index is -1.04. The molecule has 1 aliphatic rings. The van der Waals surface area contributed by atoms with Gasteiger partial charge >= 0.3 is 5.97 Å². The summed E-state index contributed by atoms with van der Waals surface area (Å²) in [5.74, 6) is -0.309. The molecule has 4 nitrogen and oxygen atoms in total. The van der Waals surface area contributed by atoms with Crippen LogP contribution < -0.4 is 0 Å². The number of carboxylic acids is 1. The van der Waals surface area contributed by atoms with Crippen LogP contribution in [0.5, 0.6) is 0 Å². The molecule has 0 saturated heterocycles. The number of allylic oxidation sites excluding steroid dienone is 1. The van der Waals surface area contributed by atoms with Crippen molar-refractivity contribution < 1.29 is 9.90 Å². The summed E-state index contributed by atoms with van der Waals surface area (Å²) in [6, 6.07) is 0. The van der Waals surface area contributed by atoms with Crippen LogP contribution in [0.15, 0.2) is 28.0 Å². The van der Waals surface area contributed by atoms with Crippen molar-refractivity contribution in [2.24, 2.45) is 4.99 Å². The molecule has 0 atom stereocenters. The zero-order chi connectivity index (χ0) is 9.84. The second kappa shape index (κ2) is 4.13. The van der Waals surface area contributed by atoms with Gasteiger partial charge in [-0.15, -0.1) is 11.8 Å². The fourth-order valence-electron chi connectivity index (χ4n) is 0.964. The average molecular weight is 198 g/mol. The highest BCUT2D eigenvalue weighted by Gasteiger charge is 2.15. The third-order valence-electron chi connectivity index (χ3n) is 1.68. The van der Waals surface area contributed by atoms with Gasteiger partial charge in [-0.05, 0) is 19.0 Å². The van der Waals surface area contributed by atoms with Crippen LogP contribution in [0, 0.1) is 0 Å². The van der Waals surface area contributed by atoms with Crippen LogP contribution in [-0.2, 0) is 4.79 Å². The van der Waals surface area contributed by atoms with Crippen LogP contribution in [0.4, 0.5) is 0 Å². The first kappa shape index (κ1) is 9.85. The highest BCUT2D eigenvalue weighted by molar-refractivity contribution is 8.02. The largest absolute Gasteiger partial charge is 0.476 e. The van der Waals surface area contributed by atoms with Crippen molar-refractivity contribution in [2.75, 3.05) is 5.88 Å². The fourth-order valence-corrected chi connectivity index (χ4v) is 1.72. The maximum absolute atomic E-state index is 10.7. The topological polar surface area (TPSA) is 52.9 Å². The fraction of sp³-hybridized carbons (Fsp3) is 0.250. The number of nitrogens with zero attached hydrogens (tertiary/aromatic N) is 2. The van der Waals surface area contributed by atoms with Crippen LogP contribution in [0.2, 0.25) is 0 Å². The molecule has 1 heterocycles. The van der Waals surface area contributed by atoms with Gasteiger partial charge in [0.25, 0.3) is 0 Å². The van der Waals surface area contributed by atoms with Crippen molar-refractivity contribution in [1.82, 2.24) is 4.90 Å². The number of hydrogen-bond acceptors (Lipinski definition) is 4. The first-order valence-electron chi connectivity index (χ1n) is 3.62. The SMILES string of the molecule is C=N/C(C(=O)O)=C(/C)N1C=CSC1. The van der Waals surface area contributed by atoms with E-state index in [0.29, 0.717) is 5.70 Å². The van der Waals surface area contributed by atoms with Crippen LogP contribution in [-0.4, -0.2) is 28.6 Å². The molecule has 0 aromatic carbocycles. The highest BCUT2D eigenvalue weighted by atomic mass is 32.2. The molecular weight excluding hydrogens is 188 g/mol. The molecule has 0 radical (unpaired) electrons. The molecule has 0 bridgehead atoms. The van der Waals surface area contributed by atoms with E-state index in [9.17, 15) is 4.79 Å². The Labute approximate surface area is 80.6 Å². The number of carboxylic acid groups (broad SMARTS) is 1. The summed E-state index contributed by atoms with van der Waals surface area (Å²) in [5.41, 5.74) is 0.621. The highest BCUT2D eigenvalue weighted by Crippen LogP contribution is 2.22.